The van der Waals surface area contributed by atoms with Crippen LogP contribution in [0.2, 0.25) is 0 Å². The second kappa shape index (κ2) is 6.20. The Balaban J connectivity index is 1.97. The smallest absolute Gasteiger partial charge is 0.123 e. The summed E-state index contributed by atoms with van der Waals surface area (Å²) < 4.78 is 5.82. The monoisotopic (exact) mass is 301 g/mol. The number of fused-ring (bicyclic) bond motifs is 1. The van der Waals surface area contributed by atoms with E-state index in [4.69, 9.17) is 4.74 Å². The highest BCUT2D eigenvalue weighted by atomic mass is 32.1. The van der Waals surface area contributed by atoms with Crippen molar-refractivity contribution < 1.29 is 4.74 Å². The molecule has 2 unspecified atom stereocenters. The van der Waals surface area contributed by atoms with Crippen LogP contribution in [0.15, 0.2) is 29.6 Å². The minimum Gasteiger partial charge on any atom is -0.490 e. The Labute approximate surface area is 131 Å². The van der Waals surface area contributed by atoms with Gasteiger partial charge in [-0.1, -0.05) is 26.0 Å². The lowest BCUT2D eigenvalue weighted by Gasteiger charge is -2.19. The normalized spacial score (nSPS) is 18.3. The van der Waals surface area contributed by atoms with E-state index in [1.165, 1.54) is 21.6 Å². The Kier molecular flexibility index (Phi) is 4.32. The molecular weight excluding hydrogens is 278 g/mol. The van der Waals surface area contributed by atoms with E-state index < -0.39 is 0 Å². The van der Waals surface area contributed by atoms with Gasteiger partial charge in [0.25, 0.3) is 0 Å². The molecule has 112 valence electrons. The van der Waals surface area contributed by atoms with E-state index in [9.17, 15) is 0 Å². The van der Waals surface area contributed by atoms with Crippen molar-refractivity contribution in [3.05, 3.63) is 51.2 Å². The molecule has 21 heavy (non-hydrogen) atoms. The van der Waals surface area contributed by atoms with Crippen molar-refractivity contribution in [2.75, 3.05) is 6.54 Å². The second-order valence-electron chi connectivity index (χ2n) is 5.65. The highest BCUT2D eigenvalue weighted by molar-refractivity contribution is 7.10. The van der Waals surface area contributed by atoms with E-state index in [-0.39, 0.29) is 0 Å². The maximum absolute atomic E-state index is 5.82. The topological polar surface area (TPSA) is 21.3 Å². The molecule has 0 saturated carbocycles. The molecule has 3 heteroatoms. The molecule has 1 aliphatic heterocycles. The van der Waals surface area contributed by atoms with Crippen molar-refractivity contribution in [3.8, 4) is 5.75 Å². The third-order valence-corrected chi connectivity index (χ3v) is 5.11. The Hall–Kier alpha value is -1.32. The lowest BCUT2D eigenvalue weighted by Crippen LogP contribution is -2.22. The summed E-state index contributed by atoms with van der Waals surface area (Å²) in [5.74, 6) is 1.06. The lowest BCUT2D eigenvalue weighted by molar-refractivity contribution is 0.254. The minimum absolute atomic E-state index is 0.297. The summed E-state index contributed by atoms with van der Waals surface area (Å²) in [4.78, 5) is 1.45. The van der Waals surface area contributed by atoms with Gasteiger partial charge in [0.15, 0.2) is 0 Å². The van der Waals surface area contributed by atoms with Crippen LogP contribution in [0.5, 0.6) is 5.75 Å². The molecule has 0 radical (unpaired) electrons. The van der Waals surface area contributed by atoms with E-state index >= 15 is 0 Å². The first-order valence-corrected chi connectivity index (χ1v) is 8.70. The molecule has 0 saturated heterocycles. The minimum atomic E-state index is 0.297. The Morgan fingerprint density at radius 3 is 2.95 bits per heavy atom. The summed E-state index contributed by atoms with van der Waals surface area (Å²) in [6, 6.07) is 9.22. The molecule has 1 N–H and O–H groups in total. The van der Waals surface area contributed by atoms with Crippen LogP contribution < -0.4 is 10.1 Å². The molecule has 3 rings (SSSR count). The van der Waals surface area contributed by atoms with Gasteiger partial charge in [0.1, 0.15) is 11.9 Å². The molecule has 1 aromatic heterocycles. The Bertz CT molecular complexity index is 619. The average Bonchev–Trinajstić information content (AvgIpc) is 3.08. The summed E-state index contributed by atoms with van der Waals surface area (Å²) >= 11 is 1.86. The average molecular weight is 301 g/mol. The van der Waals surface area contributed by atoms with Gasteiger partial charge in [-0.15, -0.1) is 11.3 Å². The highest BCUT2D eigenvalue weighted by Crippen LogP contribution is 2.35. The van der Waals surface area contributed by atoms with Gasteiger partial charge in [-0.2, -0.15) is 0 Å². The van der Waals surface area contributed by atoms with Gasteiger partial charge < -0.3 is 10.1 Å². The fraction of sp³-hybridized carbons (Fsp3) is 0.444. The molecular formula is C18H23NOS. The second-order valence-corrected chi connectivity index (χ2v) is 6.60. The molecule has 1 aliphatic rings. The van der Waals surface area contributed by atoms with Gasteiger partial charge in [0.05, 0.1) is 6.04 Å². The first-order valence-electron chi connectivity index (χ1n) is 7.82. The van der Waals surface area contributed by atoms with Crippen molar-refractivity contribution >= 4 is 11.3 Å². The molecule has 2 atom stereocenters. The quantitative estimate of drug-likeness (QED) is 0.887. The summed E-state index contributed by atoms with van der Waals surface area (Å²) in [6.07, 6.45) is 2.42. The largest absolute Gasteiger partial charge is 0.490 e. The van der Waals surface area contributed by atoms with E-state index in [1.54, 1.807) is 0 Å². The first-order chi connectivity index (χ1) is 10.2. The number of thiophene rings is 1. The van der Waals surface area contributed by atoms with Gasteiger partial charge in [-0.25, -0.2) is 0 Å². The Morgan fingerprint density at radius 2 is 2.19 bits per heavy atom. The maximum atomic E-state index is 5.82. The van der Waals surface area contributed by atoms with Crippen molar-refractivity contribution in [1.82, 2.24) is 5.32 Å². The molecule has 0 spiro atoms. The zero-order chi connectivity index (χ0) is 14.8. The van der Waals surface area contributed by atoms with E-state index in [0.29, 0.717) is 12.1 Å². The van der Waals surface area contributed by atoms with Crippen molar-refractivity contribution in [1.29, 1.82) is 0 Å². The van der Waals surface area contributed by atoms with Crippen molar-refractivity contribution in [2.24, 2.45) is 0 Å². The fourth-order valence-corrected chi connectivity index (χ4v) is 4.18. The number of nitrogens with one attached hydrogen (secondary N) is 1. The molecule has 1 aromatic carbocycles. The Morgan fingerprint density at radius 1 is 1.33 bits per heavy atom. The van der Waals surface area contributed by atoms with E-state index in [1.807, 2.05) is 11.3 Å². The summed E-state index contributed by atoms with van der Waals surface area (Å²) in [5, 5.41) is 5.85. The zero-order valence-corrected chi connectivity index (χ0v) is 13.8. The SMILES string of the molecule is CCNC(c1ccc2c(c1)CC(C)O2)c1sccc1CC. The lowest BCUT2D eigenvalue weighted by atomic mass is 9.98. The first kappa shape index (κ1) is 14.6. The van der Waals surface area contributed by atoms with Crippen LogP contribution in [0.25, 0.3) is 0 Å². The predicted molar refractivity (Wildman–Crippen MR) is 89.5 cm³/mol. The van der Waals surface area contributed by atoms with Gasteiger partial charge in [-0.05, 0) is 54.1 Å². The third-order valence-electron chi connectivity index (χ3n) is 4.09. The maximum Gasteiger partial charge on any atom is 0.123 e. The number of hydrogen-bond acceptors (Lipinski definition) is 3. The molecule has 0 aliphatic carbocycles. The van der Waals surface area contributed by atoms with Crippen molar-refractivity contribution in [3.63, 3.8) is 0 Å². The third kappa shape index (κ3) is 2.85. The molecule has 0 fully saturated rings. The van der Waals surface area contributed by atoms with Crippen LogP contribution >= 0.6 is 11.3 Å². The standard InChI is InChI=1S/C18H23NOS/c1-4-13-8-9-21-18(13)17(19-5-2)14-6-7-16-15(11-14)10-12(3)20-16/h6-9,11-12,17,19H,4-5,10H2,1-3H3. The van der Waals surface area contributed by atoms with Crippen LogP contribution in [0.3, 0.4) is 0 Å². The molecule has 2 nitrogen and oxygen atoms in total. The molecule has 2 heterocycles. The van der Waals surface area contributed by atoms with Crippen LogP contribution in [0.4, 0.5) is 0 Å². The number of ether oxygens (including phenoxy) is 1. The highest BCUT2D eigenvalue weighted by Gasteiger charge is 2.23. The van der Waals surface area contributed by atoms with Crippen LogP contribution in [0.1, 0.15) is 48.4 Å². The number of benzene rings is 1. The number of hydrogen-bond donors (Lipinski definition) is 1. The summed E-state index contributed by atoms with van der Waals surface area (Å²) in [7, 11) is 0. The van der Waals surface area contributed by atoms with E-state index in [0.717, 1.165) is 25.1 Å². The molecule has 2 aromatic rings. The predicted octanol–water partition coefficient (Wildman–Crippen LogP) is 4.33. The molecule has 0 amide bonds. The molecule has 0 bridgehead atoms. The van der Waals surface area contributed by atoms with Gasteiger partial charge >= 0.3 is 0 Å². The fourth-order valence-electron chi connectivity index (χ4n) is 3.08. The van der Waals surface area contributed by atoms with Crippen LogP contribution in [-0.4, -0.2) is 12.6 Å². The summed E-state index contributed by atoms with van der Waals surface area (Å²) in [6.45, 7) is 7.50. The number of rotatable bonds is 5. The summed E-state index contributed by atoms with van der Waals surface area (Å²) in [5.41, 5.74) is 4.15. The number of aryl methyl sites for hydroxylation is 1. The van der Waals surface area contributed by atoms with E-state index in [2.05, 4.69) is 55.7 Å². The van der Waals surface area contributed by atoms with Crippen molar-refractivity contribution in [2.45, 2.75) is 45.8 Å². The van der Waals surface area contributed by atoms with Crippen LogP contribution in [-0.2, 0) is 12.8 Å². The van der Waals surface area contributed by atoms with Gasteiger partial charge in [0, 0.05) is 11.3 Å². The van der Waals surface area contributed by atoms with Gasteiger partial charge in [0.2, 0.25) is 0 Å². The van der Waals surface area contributed by atoms with Crippen LogP contribution in [0, 0.1) is 0 Å². The zero-order valence-electron chi connectivity index (χ0n) is 13.0. The van der Waals surface area contributed by atoms with Gasteiger partial charge in [-0.3, -0.25) is 0 Å².